The molecule has 0 saturated carbocycles. The van der Waals surface area contributed by atoms with Crippen LogP contribution in [0, 0.1) is 0 Å². The van der Waals surface area contributed by atoms with Gasteiger partial charge in [-0.25, -0.2) is 21.8 Å². The summed E-state index contributed by atoms with van der Waals surface area (Å²) in [5.74, 6) is 0.739. The predicted molar refractivity (Wildman–Crippen MR) is 117 cm³/mol. The number of sulfone groups is 2. The van der Waals surface area contributed by atoms with Crippen LogP contribution in [0.5, 0.6) is 5.75 Å². The van der Waals surface area contributed by atoms with Crippen molar-refractivity contribution < 1.29 is 21.6 Å². The van der Waals surface area contributed by atoms with Crippen LogP contribution in [0.4, 0.5) is 5.00 Å². The Balaban J connectivity index is 1.89. The third-order valence-electron chi connectivity index (χ3n) is 4.13. The molecule has 0 saturated heterocycles. The fraction of sp³-hybridized carbons (Fsp3) is 0.211. The van der Waals surface area contributed by atoms with E-state index in [-0.39, 0.29) is 19.3 Å². The second kappa shape index (κ2) is 8.93. The fourth-order valence-electron chi connectivity index (χ4n) is 2.58. The number of anilines is 1. The molecule has 1 aromatic heterocycles. The quantitative estimate of drug-likeness (QED) is 0.517. The van der Waals surface area contributed by atoms with Gasteiger partial charge in [-0.15, -0.1) is 0 Å². The SMILES string of the molecule is COc1ccc(CCNc2sc(S(C)(=O)=O)nc2S(=O)(=O)c2ccc(Cl)cc2)cc1. The minimum atomic E-state index is -4.03. The first-order chi connectivity index (χ1) is 14.1. The van der Waals surface area contributed by atoms with E-state index in [0.29, 0.717) is 18.0 Å². The first-order valence-corrected chi connectivity index (χ1v) is 13.3. The van der Waals surface area contributed by atoms with Crippen molar-refractivity contribution in [3.05, 3.63) is 59.1 Å². The van der Waals surface area contributed by atoms with Crippen molar-refractivity contribution in [2.45, 2.75) is 20.7 Å². The van der Waals surface area contributed by atoms with Gasteiger partial charge in [0.1, 0.15) is 10.8 Å². The Bertz CT molecular complexity index is 1240. The zero-order chi connectivity index (χ0) is 21.9. The average Bonchev–Trinajstić information content (AvgIpc) is 3.14. The molecule has 0 bridgehead atoms. The summed E-state index contributed by atoms with van der Waals surface area (Å²) < 4.78 is 54.9. The number of thiazole rings is 1. The Morgan fingerprint density at radius 1 is 1.03 bits per heavy atom. The van der Waals surface area contributed by atoms with E-state index in [1.54, 1.807) is 7.11 Å². The van der Waals surface area contributed by atoms with E-state index in [0.717, 1.165) is 28.9 Å². The topological polar surface area (TPSA) is 102 Å². The Kier molecular flexibility index (Phi) is 6.71. The summed E-state index contributed by atoms with van der Waals surface area (Å²) in [5, 5.41) is 3.28. The zero-order valence-electron chi connectivity index (χ0n) is 16.1. The Morgan fingerprint density at radius 2 is 1.67 bits per heavy atom. The summed E-state index contributed by atoms with van der Waals surface area (Å²) in [4.78, 5) is 3.91. The van der Waals surface area contributed by atoms with E-state index >= 15 is 0 Å². The van der Waals surface area contributed by atoms with Crippen molar-refractivity contribution in [1.82, 2.24) is 4.98 Å². The Hall–Kier alpha value is -2.14. The van der Waals surface area contributed by atoms with Gasteiger partial charge >= 0.3 is 0 Å². The molecule has 3 aromatic rings. The molecule has 0 aliphatic heterocycles. The lowest BCUT2D eigenvalue weighted by molar-refractivity contribution is 0.414. The highest BCUT2D eigenvalue weighted by atomic mass is 35.5. The van der Waals surface area contributed by atoms with E-state index in [9.17, 15) is 16.8 Å². The second-order valence-corrected chi connectivity index (χ2v) is 11.9. The van der Waals surface area contributed by atoms with E-state index in [2.05, 4.69) is 10.3 Å². The normalized spacial score (nSPS) is 12.0. The number of methoxy groups -OCH3 is 1. The van der Waals surface area contributed by atoms with Gasteiger partial charge in [-0.05, 0) is 48.4 Å². The number of nitrogens with one attached hydrogen (secondary N) is 1. The van der Waals surface area contributed by atoms with Crippen LogP contribution in [0.1, 0.15) is 5.56 Å². The van der Waals surface area contributed by atoms with E-state index in [4.69, 9.17) is 16.3 Å². The minimum Gasteiger partial charge on any atom is -0.497 e. The van der Waals surface area contributed by atoms with Crippen LogP contribution < -0.4 is 10.1 Å². The molecule has 11 heteroatoms. The number of aromatic nitrogens is 1. The molecule has 7 nitrogen and oxygen atoms in total. The van der Waals surface area contributed by atoms with Crippen molar-refractivity contribution in [3.63, 3.8) is 0 Å². The lowest BCUT2D eigenvalue weighted by atomic mass is 10.1. The van der Waals surface area contributed by atoms with Gasteiger partial charge in [-0.2, -0.15) is 0 Å². The first-order valence-electron chi connectivity index (χ1n) is 8.69. The number of nitrogens with zero attached hydrogens (tertiary/aromatic N) is 1. The number of benzene rings is 2. The highest BCUT2D eigenvalue weighted by molar-refractivity contribution is 7.93. The molecule has 0 spiro atoms. The van der Waals surface area contributed by atoms with E-state index in [1.807, 2.05) is 24.3 Å². The molecule has 30 heavy (non-hydrogen) atoms. The highest BCUT2D eigenvalue weighted by Crippen LogP contribution is 2.34. The van der Waals surface area contributed by atoms with Crippen molar-refractivity contribution in [2.75, 3.05) is 25.2 Å². The number of halogens is 1. The van der Waals surface area contributed by atoms with Crippen LogP contribution in [-0.4, -0.2) is 41.7 Å². The van der Waals surface area contributed by atoms with Gasteiger partial charge in [0, 0.05) is 17.8 Å². The molecule has 160 valence electrons. The molecule has 0 aliphatic rings. The molecule has 0 atom stereocenters. The Morgan fingerprint density at radius 3 is 2.23 bits per heavy atom. The van der Waals surface area contributed by atoms with Crippen LogP contribution in [-0.2, 0) is 26.1 Å². The van der Waals surface area contributed by atoms with Gasteiger partial charge in [0.05, 0.1) is 12.0 Å². The molecule has 3 rings (SSSR count). The third-order valence-corrected chi connectivity index (χ3v) is 8.90. The molecule has 1 N–H and O–H groups in total. The van der Waals surface area contributed by atoms with Crippen LogP contribution in [0.25, 0.3) is 0 Å². The summed E-state index contributed by atoms with van der Waals surface area (Å²) in [6, 6.07) is 13.1. The molecule has 2 aromatic carbocycles. The van der Waals surface area contributed by atoms with Gasteiger partial charge in [-0.1, -0.05) is 35.1 Å². The molecule has 0 unspecified atom stereocenters. The molecular weight excluding hydrogens is 468 g/mol. The van der Waals surface area contributed by atoms with Gasteiger partial charge < -0.3 is 10.1 Å². The molecule has 0 radical (unpaired) electrons. The second-order valence-electron chi connectivity index (χ2n) is 6.37. The Labute approximate surface area is 184 Å². The van der Waals surface area contributed by atoms with Gasteiger partial charge in [0.2, 0.25) is 24.0 Å². The van der Waals surface area contributed by atoms with Crippen LogP contribution in [0.3, 0.4) is 0 Å². The van der Waals surface area contributed by atoms with Crippen molar-refractivity contribution >= 4 is 47.6 Å². The largest absolute Gasteiger partial charge is 0.497 e. The summed E-state index contributed by atoms with van der Waals surface area (Å²) in [6.45, 7) is 0.390. The van der Waals surface area contributed by atoms with Crippen LogP contribution in [0.2, 0.25) is 5.02 Å². The lowest BCUT2D eigenvalue weighted by Gasteiger charge is -2.08. The summed E-state index contributed by atoms with van der Waals surface area (Å²) in [5.41, 5.74) is 1.01. The van der Waals surface area contributed by atoms with Gasteiger partial charge in [0.15, 0.2) is 5.03 Å². The van der Waals surface area contributed by atoms with Crippen LogP contribution in [0.15, 0.2) is 62.8 Å². The monoisotopic (exact) mass is 486 g/mol. The summed E-state index contributed by atoms with van der Waals surface area (Å²) >= 11 is 6.64. The average molecular weight is 487 g/mol. The summed E-state index contributed by atoms with van der Waals surface area (Å²) in [7, 11) is -6.12. The molecule has 1 heterocycles. The van der Waals surface area contributed by atoms with E-state index < -0.39 is 19.7 Å². The van der Waals surface area contributed by atoms with Crippen molar-refractivity contribution in [3.8, 4) is 5.75 Å². The number of hydrogen-bond donors (Lipinski definition) is 1. The number of ether oxygens (including phenoxy) is 1. The van der Waals surface area contributed by atoms with Crippen LogP contribution >= 0.6 is 22.9 Å². The fourth-order valence-corrected chi connectivity index (χ4v) is 6.25. The highest BCUT2D eigenvalue weighted by Gasteiger charge is 2.29. The third kappa shape index (κ3) is 5.12. The molecular formula is C19H19ClN2O5S3. The smallest absolute Gasteiger partial charge is 0.226 e. The standard InChI is InChI=1S/C19H19ClN2O5S3/c1-27-15-7-3-13(4-8-15)11-12-21-17-18(22-19(28-17)29(2,23)24)30(25,26)16-9-5-14(20)6-10-16/h3-10,21H,11-12H2,1-2H3. The summed E-state index contributed by atoms with van der Waals surface area (Å²) in [6.07, 6.45) is 1.59. The minimum absolute atomic E-state index is 0.0181. The number of hydrogen-bond acceptors (Lipinski definition) is 8. The van der Waals surface area contributed by atoms with Crippen molar-refractivity contribution in [2.24, 2.45) is 0 Å². The maximum atomic E-state index is 13.1. The first kappa shape index (κ1) is 22.5. The molecule has 0 fully saturated rings. The zero-order valence-corrected chi connectivity index (χ0v) is 19.3. The van der Waals surface area contributed by atoms with E-state index in [1.165, 1.54) is 24.3 Å². The molecule has 0 amide bonds. The maximum Gasteiger partial charge on any atom is 0.226 e. The molecule has 0 aliphatic carbocycles. The maximum absolute atomic E-state index is 13.1. The predicted octanol–water partition coefficient (Wildman–Crippen LogP) is 3.70. The van der Waals surface area contributed by atoms with Gasteiger partial charge in [-0.3, -0.25) is 0 Å². The number of rotatable bonds is 8. The van der Waals surface area contributed by atoms with Gasteiger partial charge in [0.25, 0.3) is 0 Å². The van der Waals surface area contributed by atoms with Crippen molar-refractivity contribution in [1.29, 1.82) is 0 Å². The lowest BCUT2D eigenvalue weighted by Crippen LogP contribution is -2.09.